The van der Waals surface area contributed by atoms with Crippen LogP contribution in [0.5, 0.6) is 0 Å². The number of hydrogen-bond acceptors (Lipinski definition) is 3. The zero-order chi connectivity index (χ0) is 17.8. The van der Waals surface area contributed by atoms with Crippen LogP contribution in [0.2, 0.25) is 0 Å². The second-order valence-corrected chi connectivity index (χ2v) is 7.42. The van der Waals surface area contributed by atoms with Crippen LogP contribution in [-0.2, 0) is 0 Å². The van der Waals surface area contributed by atoms with Crippen molar-refractivity contribution in [1.82, 2.24) is 10.3 Å². The normalized spacial score (nSPS) is 10.8. The van der Waals surface area contributed by atoms with Gasteiger partial charge in [-0.1, -0.05) is 29.3 Å². The highest BCUT2D eigenvalue weighted by atomic mass is 32.2. The van der Waals surface area contributed by atoms with E-state index in [0.717, 1.165) is 27.9 Å². The molecule has 1 amide bonds. The molecule has 0 fully saturated rings. The lowest BCUT2D eigenvalue weighted by Crippen LogP contribution is -2.26. The molecule has 1 heterocycles. The topological polar surface area (TPSA) is 42.0 Å². The molecule has 0 saturated carbocycles. The summed E-state index contributed by atoms with van der Waals surface area (Å²) in [6, 6.07) is 16.3. The van der Waals surface area contributed by atoms with E-state index in [1.54, 1.807) is 11.8 Å². The summed E-state index contributed by atoms with van der Waals surface area (Å²) in [6.45, 7) is 6.66. The molecular weight excluding hydrogens is 328 g/mol. The van der Waals surface area contributed by atoms with E-state index in [1.165, 1.54) is 10.5 Å². The van der Waals surface area contributed by atoms with Crippen molar-refractivity contribution in [2.75, 3.05) is 12.3 Å². The summed E-state index contributed by atoms with van der Waals surface area (Å²) in [5, 5.41) is 3.94. The number of carbonyl (C=O) groups is 1. The molecule has 0 saturated heterocycles. The Bertz CT molecular complexity index is 904. The molecule has 0 aliphatic carbocycles. The van der Waals surface area contributed by atoms with Crippen LogP contribution >= 0.6 is 11.8 Å². The standard InChI is InChI=1S/C21H22N2OS/c1-14-4-7-17(8-5-14)25-11-10-22-21(24)19-13-16(3)23-20-9-6-15(2)12-18(19)20/h4-9,12-13H,10-11H2,1-3H3,(H,22,24). The Hall–Kier alpha value is -2.33. The first-order chi connectivity index (χ1) is 12.0. The Morgan fingerprint density at radius 1 is 1.00 bits per heavy atom. The van der Waals surface area contributed by atoms with E-state index in [9.17, 15) is 4.79 Å². The summed E-state index contributed by atoms with van der Waals surface area (Å²) >= 11 is 1.75. The molecule has 0 unspecified atom stereocenters. The van der Waals surface area contributed by atoms with Crippen LogP contribution in [0.1, 0.15) is 27.2 Å². The average Bonchev–Trinajstić information content (AvgIpc) is 2.59. The van der Waals surface area contributed by atoms with Crippen LogP contribution in [0.4, 0.5) is 0 Å². The molecule has 25 heavy (non-hydrogen) atoms. The van der Waals surface area contributed by atoms with Crippen LogP contribution < -0.4 is 5.32 Å². The molecule has 0 aliphatic rings. The van der Waals surface area contributed by atoms with Gasteiger partial charge in [0.2, 0.25) is 0 Å². The Morgan fingerprint density at radius 2 is 1.72 bits per heavy atom. The van der Waals surface area contributed by atoms with Gasteiger partial charge in [-0.05, 0) is 51.1 Å². The number of rotatable bonds is 5. The predicted octanol–water partition coefficient (Wildman–Crippen LogP) is 4.68. The third-order valence-corrected chi connectivity index (χ3v) is 5.03. The molecule has 0 radical (unpaired) electrons. The van der Waals surface area contributed by atoms with Gasteiger partial charge in [-0.2, -0.15) is 0 Å². The van der Waals surface area contributed by atoms with Crippen molar-refractivity contribution in [3.05, 3.63) is 70.9 Å². The fourth-order valence-corrected chi connectivity index (χ4v) is 3.49. The average molecular weight is 350 g/mol. The zero-order valence-electron chi connectivity index (χ0n) is 14.8. The van der Waals surface area contributed by atoms with Gasteiger partial charge < -0.3 is 5.32 Å². The first-order valence-electron chi connectivity index (χ1n) is 8.38. The lowest BCUT2D eigenvalue weighted by atomic mass is 10.0. The quantitative estimate of drug-likeness (QED) is 0.536. The zero-order valence-corrected chi connectivity index (χ0v) is 15.6. The number of nitrogens with zero attached hydrogens (tertiary/aromatic N) is 1. The largest absolute Gasteiger partial charge is 0.351 e. The van der Waals surface area contributed by atoms with Crippen LogP contribution in [0.25, 0.3) is 10.9 Å². The van der Waals surface area contributed by atoms with E-state index < -0.39 is 0 Å². The Morgan fingerprint density at radius 3 is 2.48 bits per heavy atom. The van der Waals surface area contributed by atoms with Crippen molar-refractivity contribution in [1.29, 1.82) is 0 Å². The van der Waals surface area contributed by atoms with Crippen LogP contribution in [0.3, 0.4) is 0 Å². The molecule has 0 aliphatic heterocycles. The number of fused-ring (bicyclic) bond motifs is 1. The number of pyridine rings is 1. The van der Waals surface area contributed by atoms with Crippen LogP contribution in [0.15, 0.2) is 53.4 Å². The van der Waals surface area contributed by atoms with E-state index >= 15 is 0 Å². The second kappa shape index (κ2) is 7.70. The van der Waals surface area contributed by atoms with Gasteiger partial charge in [0.15, 0.2) is 0 Å². The molecule has 3 aromatic rings. The molecule has 1 N–H and O–H groups in total. The molecule has 1 aromatic heterocycles. The molecule has 0 bridgehead atoms. The van der Waals surface area contributed by atoms with Gasteiger partial charge in [-0.15, -0.1) is 11.8 Å². The third-order valence-electron chi connectivity index (χ3n) is 4.01. The summed E-state index contributed by atoms with van der Waals surface area (Å²) in [5.41, 5.74) is 4.81. The first-order valence-corrected chi connectivity index (χ1v) is 9.37. The fraction of sp³-hybridized carbons (Fsp3) is 0.238. The maximum atomic E-state index is 12.6. The minimum Gasteiger partial charge on any atom is -0.351 e. The van der Waals surface area contributed by atoms with Gasteiger partial charge in [0.1, 0.15) is 0 Å². The summed E-state index contributed by atoms with van der Waals surface area (Å²) in [7, 11) is 0. The number of thioether (sulfide) groups is 1. The van der Waals surface area contributed by atoms with E-state index in [0.29, 0.717) is 12.1 Å². The van der Waals surface area contributed by atoms with E-state index in [2.05, 4.69) is 41.5 Å². The fourth-order valence-electron chi connectivity index (χ4n) is 2.72. The number of benzene rings is 2. The van der Waals surface area contributed by atoms with Crippen molar-refractivity contribution in [2.45, 2.75) is 25.7 Å². The summed E-state index contributed by atoms with van der Waals surface area (Å²) < 4.78 is 0. The molecule has 3 nitrogen and oxygen atoms in total. The number of hydrogen-bond donors (Lipinski definition) is 1. The van der Waals surface area contributed by atoms with E-state index in [4.69, 9.17) is 0 Å². The minimum atomic E-state index is -0.0365. The van der Waals surface area contributed by atoms with Gasteiger partial charge >= 0.3 is 0 Å². The van der Waals surface area contributed by atoms with Crippen molar-refractivity contribution in [2.24, 2.45) is 0 Å². The molecule has 3 rings (SSSR count). The molecule has 0 atom stereocenters. The number of amides is 1. The van der Waals surface area contributed by atoms with Crippen molar-refractivity contribution in [3.63, 3.8) is 0 Å². The van der Waals surface area contributed by atoms with Crippen molar-refractivity contribution < 1.29 is 4.79 Å². The van der Waals surface area contributed by atoms with Crippen molar-refractivity contribution in [3.8, 4) is 0 Å². The van der Waals surface area contributed by atoms with E-state index in [1.807, 2.05) is 38.1 Å². The lowest BCUT2D eigenvalue weighted by Gasteiger charge is -2.10. The summed E-state index contributed by atoms with van der Waals surface area (Å²) in [6.07, 6.45) is 0. The Kier molecular flexibility index (Phi) is 5.39. The Labute approximate surface area is 152 Å². The van der Waals surface area contributed by atoms with Crippen LogP contribution in [0, 0.1) is 20.8 Å². The number of aromatic nitrogens is 1. The first kappa shape index (κ1) is 17.5. The van der Waals surface area contributed by atoms with Gasteiger partial charge in [0.25, 0.3) is 5.91 Å². The molecule has 0 spiro atoms. The lowest BCUT2D eigenvalue weighted by molar-refractivity contribution is 0.0957. The summed E-state index contributed by atoms with van der Waals surface area (Å²) in [5.74, 6) is 0.807. The van der Waals surface area contributed by atoms with Gasteiger partial charge in [0, 0.05) is 28.3 Å². The number of carbonyl (C=O) groups excluding carboxylic acids is 1. The highest BCUT2D eigenvalue weighted by molar-refractivity contribution is 7.99. The molecular formula is C21H22N2OS. The predicted molar refractivity (Wildman–Crippen MR) is 105 cm³/mol. The third kappa shape index (κ3) is 4.40. The Balaban J connectivity index is 1.66. The van der Waals surface area contributed by atoms with Crippen LogP contribution in [-0.4, -0.2) is 23.2 Å². The number of aryl methyl sites for hydroxylation is 3. The van der Waals surface area contributed by atoms with Crippen molar-refractivity contribution >= 4 is 28.6 Å². The SMILES string of the molecule is Cc1ccc(SCCNC(=O)c2cc(C)nc3ccc(C)cc23)cc1. The second-order valence-electron chi connectivity index (χ2n) is 6.25. The van der Waals surface area contributed by atoms with Gasteiger partial charge in [-0.25, -0.2) is 0 Å². The van der Waals surface area contributed by atoms with E-state index in [-0.39, 0.29) is 5.91 Å². The monoisotopic (exact) mass is 350 g/mol. The minimum absolute atomic E-state index is 0.0365. The van der Waals surface area contributed by atoms with Gasteiger partial charge in [0.05, 0.1) is 11.1 Å². The highest BCUT2D eigenvalue weighted by Crippen LogP contribution is 2.20. The smallest absolute Gasteiger partial charge is 0.252 e. The maximum Gasteiger partial charge on any atom is 0.252 e. The molecule has 2 aromatic carbocycles. The van der Waals surface area contributed by atoms with Gasteiger partial charge in [-0.3, -0.25) is 9.78 Å². The molecule has 4 heteroatoms. The maximum absolute atomic E-state index is 12.6. The number of nitrogens with one attached hydrogen (secondary N) is 1. The summed E-state index contributed by atoms with van der Waals surface area (Å²) in [4.78, 5) is 18.4. The molecule has 128 valence electrons. The highest BCUT2D eigenvalue weighted by Gasteiger charge is 2.12.